The SMILES string of the molecule is C=CC(=O)OC(C)OC(C)OC(=O)OOOC(C)(C)C. The predicted molar refractivity (Wildman–Crippen MR) is 65.8 cm³/mol. The van der Waals surface area contributed by atoms with Gasteiger partial charge in [-0.05, 0) is 39.7 Å². The molecule has 0 aliphatic carbocycles. The van der Waals surface area contributed by atoms with E-state index >= 15 is 0 Å². The second-order valence-electron chi connectivity index (χ2n) is 4.63. The average Bonchev–Trinajstić information content (AvgIpc) is 2.26. The van der Waals surface area contributed by atoms with E-state index in [9.17, 15) is 9.59 Å². The first-order valence-electron chi connectivity index (χ1n) is 5.85. The lowest BCUT2D eigenvalue weighted by molar-refractivity contribution is -0.515. The van der Waals surface area contributed by atoms with Crippen LogP contribution in [-0.4, -0.2) is 30.3 Å². The number of hydrogen-bond donors (Lipinski definition) is 0. The molecule has 0 aliphatic heterocycles. The van der Waals surface area contributed by atoms with Crippen LogP contribution >= 0.6 is 0 Å². The highest BCUT2D eigenvalue weighted by Gasteiger charge is 2.19. The molecule has 0 amide bonds. The molecule has 8 nitrogen and oxygen atoms in total. The van der Waals surface area contributed by atoms with Crippen LogP contribution in [-0.2, 0) is 33.8 Å². The van der Waals surface area contributed by atoms with Gasteiger partial charge in [0, 0.05) is 6.08 Å². The van der Waals surface area contributed by atoms with Crippen molar-refractivity contribution in [2.45, 2.75) is 52.8 Å². The third-order valence-corrected chi connectivity index (χ3v) is 1.48. The summed E-state index contributed by atoms with van der Waals surface area (Å²) in [6.07, 6.45) is -2.12. The van der Waals surface area contributed by atoms with Crippen LogP contribution in [0.1, 0.15) is 34.6 Å². The van der Waals surface area contributed by atoms with Crippen molar-refractivity contribution in [2.75, 3.05) is 0 Å². The Morgan fingerprint density at radius 3 is 2.15 bits per heavy atom. The Labute approximate surface area is 117 Å². The Morgan fingerprint density at radius 2 is 1.65 bits per heavy atom. The smallest absolute Gasteiger partial charge is 0.433 e. The van der Waals surface area contributed by atoms with Gasteiger partial charge >= 0.3 is 12.1 Å². The van der Waals surface area contributed by atoms with E-state index in [-0.39, 0.29) is 0 Å². The molecule has 0 fully saturated rings. The number of ether oxygens (including phenoxy) is 3. The van der Waals surface area contributed by atoms with Crippen LogP contribution in [0.5, 0.6) is 0 Å². The van der Waals surface area contributed by atoms with Gasteiger partial charge in [-0.2, -0.15) is 4.89 Å². The van der Waals surface area contributed by atoms with E-state index in [0.29, 0.717) is 0 Å². The summed E-state index contributed by atoms with van der Waals surface area (Å²) in [5.74, 6) is -0.658. The number of carbonyl (C=O) groups excluding carboxylic acids is 2. The van der Waals surface area contributed by atoms with Gasteiger partial charge in [-0.25, -0.2) is 14.5 Å². The molecule has 0 aromatic rings. The molecule has 0 N–H and O–H groups in total. The zero-order valence-corrected chi connectivity index (χ0v) is 12.2. The zero-order valence-electron chi connectivity index (χ0n) is 12.2. The predicted octanol–water partition coefficient (Wildman–Crippen LogP) is 2.24. The van der Waals surface area contributed by atoms with Gasteiger partial charge in [0.15, 0.2) is 0 Å². The molecule has 116 valence electrons. The van der Waals surface area contributed by atoms with Gasteiger partial charge in [0.1, 0.15) is 0 Å². The Balaban J connectivity index is 3.90. The van der Waals surface area contributed by atoms with E-state index < -0.39 is 30.3 Å². The highest BCUT2D eigenvalue weighted by Crippen LogP contribution is 2.08. The molecule has 20 heavy (non-hydrogen) atoms. The van der Waals surface area contributed by atoms with E-state index in [1.807, 2.05) is 0 Å². The molecule has 0 bridgehead atoms. The summed E-state index contributed by atoms with van der Waals surface area (Å²) >= 11 is 0. The van der Waals surface area contributed by atoms with Gasteiger partial charge in [0.2, 0.25) is 12.6 Å². The minimum atomic E-state index is -1.16. The fraction of sp³-hybridized carbons (Fsp3) is 0.667. The van der Waals surface area contributed by atoms with Crippen molar-refractivity contribution in [2.24, 2.45) is 0 Å². The Hall–Kier alpha value is -1.64. The van der Waals surface area contributed by atoms with E-state index in [0.717, 1.165) is 6.08 Å². The third-order valence-electron chi connectivity index (χ3n) is 1.48. The summed E-state index contributed by atoms with van der Waals surface area (Å²) in [5, 5.41) is 4.22. The van der Waals surface area contributed by atoms with Crippen molar-refractivity contribution in [3.8, 4) is 0 Å². The van der Waals surface area contributed by atoms with Crippen LogP contribution in [0.2, 0.25) is 0 Å². The van der Waals surface area contributed by atoms with Gasteiger partial charge in [-0.1, -0.05) is 6.58 Å². The Kier molecular flexibility index (Phi) is 7.82. The van der Waals surface area contributed by atoms with Crippen LogP contribution in [0.25, 0.3) is 0 Å². The molecule has 0 saturated heterocycles. The van der Waals surface area contributed by atoms with Crippen LogP contribution < -0.4 is 0 Å². The maximum absolute atomic E-state index is 11.1. The Bertz CT molecular complexity index is 333. The van der Waals surface area contributed by atoms with E-state index in [1.165, 1.54) is 13.8 Å². The van der Waals surface area contributed by atoms with Crippen LogP contribution in [0.15, 0.2) is 12.7 Å². The minimum Gasteiger partial charge on any atom is -0.433 e. The van der Waals surface area contributed by atoms with E-state index in [2.05, 4.69) is 26.1 Å². The molecule has 0 heterocycles. The van der Waals surface area contributed by atoms with E-state index in [1.54, 1.807) is 20.8 Å². The molecule has 2 atom stereocenters. The first kappa shape index (κ1) is 18.4. The summed E-state index contributed by atoms with van der Waals surface area (Å²) < 4.78 is 14.4. The molecule has 8 heteroatoms. The molecule has 0 rings (SSSR count). The summed E-state index contributed by atoms with van der Waals surface area (Å²) in [6, 6.07) is 0. The molecule has 0 radical (unpaired) electrons. The second kappa shape index (κ2) is 8.51. The number of carbonyl (C=O) groups is 2. The number of esters is 1. The van der Waals surface area contributed by atoms with Crippen LogP contribution in [0.3, 0.4) is 0 Å². The fourth-order valence-corrected chi connectivity index (χ4v) is 0.839. The second-order valence-corrected chi connectivity index (χ2v) is 4.63. The lowest BCUT2D eigenvalue weighted by Crippen LogP contribution is -2.27. The highest BCUT2D eigenvalue weighted by molar-refractivity contribution is 5.81. The van der Waals surface area contributed by atoms with Gasteiger partial charge < -0.3 is 14.2 Å². The zero-order chi connectivity index (χ0) is 15.8. The van der Waals surface area contributed by atoms with Crippen LogP contribution in [0.4, 0.5) is 4.79 Å². The molecule has 0 spiro atoms. The quantitative estimate of drug-likeness (QED) is 0.232. The minimum absolute atomic E-state index is 0.643. The first-order valence-corrected chi connectivity index (χ1v) is 5.85. The summed E-state index contributed by atoms with van der Waals surface area (Å²) in [4.78, 5) is 30.9. The molecular formula is C12H20O8. The maximum Gasteiger partial charge on any atom is 0.544 e. The van der Waals surface area contributed by atoms with Gasteiger partial charge in [-0.3, -0.25) is 0 Å². The standard InChI is InChI=1S/C12H20O8/c1-7-10(13)16-8(2)15-9(3)17-11(14)18-20-19-12(4,5)6/h7-9H,1H2,2-6H3. The monoisotopic (exact) mass is 292 g/mol. The first-order chi connectivity index (χ1) is 9.14. The fourth-order valence-electron chi connectivity index (χ4n) is 0.839. The van der Waals surface area contributed by atoms with Crippen molar-refractivity contribution in [1.29, 1.82) is 0 Å². The molecular weight excluding hydrogens is 272 g/mol. The summed E-state index contributed by atoms with van der Waals surface area (Å²) in [6.45, 7) is 11.2. The lowest BCUT2D eigenvalue weighted by Gasteiger charge is -2.19. The highest BCUT2D eigenvalue weighted by atomic mass is 17.5. The average molecular weight is 292 g/mol. The van der Waals surface area contributed by atoms with Crippen molar-refractivity contribution in [3.05, 3.63) is 12.7 Å². The molecule has 0 aromatic carbocycles. The van der Waals surface area contributed by atoms with Crippen molar-refractivity contribution >= 4 is 12.1 Å². The summed E-state index contributed by atoms with van der Waals surface area (Å²) in [7, 11) is 0. The van der Waals surface area contributed by atoms with Crippen molar-refractivity contribution < 1.29 is 38.6 Å². The molecule has 2 unspecified atom stereocenters. The topological polar surface area (TPSA) is 89.5 Å². The molecule has 0 aromatic heterocycles. The number of hydrogen-bond acceptors (Lipinski definition) is 8. The lowest BCUT2D eigenvalue weighted by atomic mass is 10.2. The third kappa shape index (κ3) is 10.3. The Morgan fingerprint density at radius 1 is 1.10 bits per heavy atom. The largest absolute Gasteiger partial charge is 0.544 e. The normalized spacial score (nSPS) is 14.1. The van der Waals surface area contributed by atoms with Gasteiger partial charge in [0.05, 0.1) is 5.60 Å². The summed E-state index contributed by atoms with van der Waals surface area (Å²) in [5.41, 5.74) is -0.643. The van der Waals surface area contributed by atoms with Gasteiger partial charge in [-0.15, -0.1) is 0 Å². The van der Waals surface area contributed by atoms with E-state index in [4.69, 9.17) is 9.47 Å². The van der Waals surface area contributed by atoms with Gasteiger partial charge in [0.25, 0.3) is 0 Å². The van der Waals surface area contributed by atoms with Crippen molar-refractivity contribution in [1.82, 2.24) is 0 Å². The molecule has 0 saturated carbocycles. The number of rotatable bonds is 7. The maximum atomic E-state index is 11.1. The van der Waals surface area contributed by atoms with Crippen molar-refractivity contribution in [3.63, 3.8) is 0 Å². The van der Waals surface area contributed by atoms with Crippen LogP contribution in [0, 0.1) is 0 Å². The molecule has 0 aliphatic rings.